The van der Waals surface area contributed by atoms with E-state index in [0.717, 1.165) is 49.9 Å². The molecule has 2 heterocycles. The molecule has 35 heavy (non-hydrogen) atoms. The van der Waals surface area contributed by atoms with Gasteiger partial charge in [0.25, 0.3) is 0 Å². The Morgan fingerprint density at radius 2 is 1.57 bits per heavy atom. The molecule has 174 valence electrons. The van der Waals surface area contributed by atoms with Crippen LogP contribution in [0.3, 0.4) is 0 Å². The SMILES string of the molecule is Cc1c[c]([Ge]([CH3])([CH3])[CH3])cc2ccc3c(-c4cccc5c4oc4ccccc45)nc(C(C)C)nc3c12. The molecular weight excluding hydrogens is 489 g/mol. The predicted molar refractivity (Wildman–Crippen MR) is 152 cm³/mol. The fourth-order valence-electron chi connectivity index (χ4n) is 5.11. The summed E-state index contributed by atoms with van der Waals surface area (Å²) in [7, 11) is 0. The Bertz CT molecular complexity index is 1770. The fourth-order valence-corrected chi connectivity index (χ4v) is 7.71. The third-order valence-electron chi connectivity index (χ3n) is 7.04. The molecule has 0 saturated carbocycles. The minimum absolute atomic E-state index is 0.215. The normalized spacial score (nSPS) is 12.5. The molecule has 0 aliphatic carbocycles. The van der Waals surface area contributed by atoms with E-state index in [1.54, 1.807) is 0 Å². The van der Waals surface area contributed by atoms with Gasteiger partial charge in [-0.25, -0.2) is 0 Å². The Hall–Kier alpha value is -3.18. The maximum atomic E-state index is 6.40. The molecule has 2 aromatic heterocycles. The Morgan fingerprint density at radius 3 is 2.34 bits per heavy atom. The van der Waals surface area contributed by atoms with E-state index >= 15 is 0 Å². The van der Waals surface area contributed by atoms with Gasteiger partial charge in [-0.05, 0) is 0 Å². The molecule has 0 aliphatic rings. The second kappa shape index (κ2) is 7.92. The molecule has 0 bridgehead atoms. The molecule has 0 aliphatic heterocycles. The minimum atomic E-state index is -1.97. The van der Waals surface area contributed by atoms with Crippen LogP contribution >= 0.6 is 0 Å². The topological polar surface area (TPSA) is 38.9 Å². The van der Waals surface area contributed by atoms with Crippen LogP contribution in [0.4, 0.5) is 0 Å². The Balaban J connectivity index is 1.73. The number of rotatable bonds is 3. The Labute approximate surface area is 208 Å². The van der Waals surface area contributed by atoms with E-state index in [4.69, 9.17) is 14.4 Å². The number of benzene rings is 4. The van der Waals surface area contributed by atoms with Crippen LogP contribution in [0.25, 0.3) is 54.9 Å². The van der Waals surface area contributed by atoms with E-state index in [2.05, 4.69) is 92.6 Å². The van der Waals surface area contributed by atoms with E-state index in [1.807, 2.05) is 12.1 Å². The van der Waals surface area contributed by atoms with Crippen LogP contribution < -0.4 is 4.40 Å². The molecule has 0 amide bonds. The first-order valence-electron chi connectivity index (χ1n) is 12.4. The second-order valence-corrected chi connectivity index (χ2v) is 21.6. The first-order valence-corrected chi connectivity index (χ1v) is 19.7. The zero-order valence-corrected chi connectivity index (χ0v) is 23.3. The van der Waals surface area contributed by atoms with Crippen LogP contribution in [0.15, 0.2) is 71.1 Å². The number of aryl methyl sites for hydroxylation is 1. The summed E-state index contributed by atoms with van der Waals surface area (Å²) in [5.74, 6) is 8.43. The molecule has 0 saturated heterocycles. The van der Waals surface area contributed by atoms with Gasteiger partial charge in [-0.15, -0.1) is 0 Å². The van der Waals surface area contributed by atoms with Crippen LogP contribution in [0.5, 0.6) is 0 Å². The van der Waals surface area contributed by atoms with Gasteiger partial charge in [0.1, 0.15) is 0 Å². The second-order valence-electron chi connectivity index (χ2n) is 11.0. The van der Waals surface area contributed by atoms with Crippen molar-refractivity contribution in [1.82, 2.24) is 9.97 Å². The molecule has 0 unspecified atom stereocenters. The molecule has 4 heteroatoms. The molecule has 0 N–H and O–H groups in total. The molecule has 0 fully saturated rings. The molecule has 3 nitrogen and oxygen atoms in total. The summed E-state index contributed by atoms with van der Waals surface area (Å²) in [6.45, 7) is 6.56. The first-order chi connectivity index (χ1) is 16.7. The fraction of sp³-hybridized carbons (Fsp3) is 0.226. The average molecular weight is 519 g/mol. The van der Waals surface area contributed by atoms with Gasteiger partial charge >= 0.3 is 197 Å². The summed E-state index contributed by atoms with van der Waals surface area (Å²) in [6.07, 6.45) is 0. The number of nitrogens with zero attached hydrogens (tertiary/aromatic N) is 2. The Morgan fingerprint density at radius 1 is 0.800 bits per heavy atom. The van der Waals surface area contributed by atoms with E-state index in [9.17, 15) is 0 Å². The maximum absolute atomic E-state index is 6.40. The van der Waals surface area contributed by atoms with Crippen molar-refractivity contribution in [3.05, 3.63) is 78.1 Å². The van der Waals surface area contributed by atoms with Crippen molar-refractivity contribution in [1.29, 1.82) is 0 Å². The van der Waals surface area contributed by atoms with Crippen molar-refractivity contribution >= 4 is 61.3 Å². The monoisotopic (exact) mass is 520 g/mol. The summed E-state index contributed by atoms with van der Waals surface area (Å²) < 4.78 is 7.92. The van der Waals surface area contributed by atoms with Crippen LogP contribution in [0.2, 0.25) is 17.3 Å². The summed E-state index contributed by atoms with van der Waals surface area (Å²) in [6, 6.07) is 23.9. The molecule has 4 aromatic carbocycles. The summed E-state index contributed by atoms with van der Waals surface area (Å²) in [5, 5.41) is 5.83. The van der Waals surface area contributed by atoms with Crippen LogP contribution in [-0.4, -0.2) is 23.2 Å². The number of hydrogen-bond donors (Lipinski definition) is 0. The van der Waals surface area contributed by atoms with Gasteiger partial charge < -0.3 is 0 Å². The zero-order chi connectivity index (χ0) is 24.5. The summed E-state index contributed by atoms with van der Waals surface area (Å²) >= 11 is -1.97. The van der Waals surface area contributed by atoms with Crippen LogP contribution in [0.1, 0.15) is 31.2 Å². The van der Waals surface area contributed by atoms with Crippen LogP contribution in [0, 0.1) is 6.92 Å². The number of furan rings is 1. The predicted octanol–water partition coefficient (Wildman–Crippen LogP) is 8.33. The van der Waals surface area contributed by atoms with Crippen LogP contribution in [-0.2, 0) is 0 Å². The molecule has 6 aromatic rings. The van der Waals surface area contributed by atoms with Gasteiger partial charge in [0.05, 0.1) is 0 Å². The van der Waals surface area contributed by atoms with Crippen molar-refractivity contribution in [3.63, 3.8) is 0 Å². The van der Waals surface area contributed by atoms with Crippen molar-refractivity contribution in [2.45, 2.75) is 44.0 Å². The molecule has 0 radical (unpaired) electrons. The molecule has 0 atom stereocenters. The number of fused-ring (bicyclic) bond motifs is 6. The van der Waals surface area contributed by atoms with E-state index in [-0.39, 0.29) is 5.92 Å². The van der Waals surface area contributed by atoms with E-state index < -0.39 is 13.3 Å². The summed E-state index contributed by atoms with van der Waals surface area (Å²) in [5.41, 5.74) is 6.09. The summed E-state index contributed by atoms with van der Waals surface area (Å²) in [4.78, 5) is 10.3. The first kappa shape index (κ1) is 22.3. The number of aromatic nitrogens is 2. The molecule has 6 rings (SSSR count). The number of para-hydroxylation sites is 2. The zero-order valence-electron chi connectivity index (χ0n) is 21.2. The third-order valence-corrected chi connectivity index (χ3v) is 11.3. The Kier molecular flexibility index (Phi) is 5.05. The van der Waals surface area contributed by atoms with Crippen molar-refractivity contribution in [2.75, 3.05) is 0 Å². The van der Waals surface area contributed by atoms with Crippen molar-refractivity contribution in [3.8, 4) is 11.3 Å². The van der Waals surface area contributed by atoms with Gasteiger partial charge in [0.2, 0.25) is 0 Å². The average Bonchev–Trinajstić information content (AvgIpc) is 3.21. The standard InChI is InChI=1S/C31H30GeN2O/c1-18(2)31-33-28(25-12-9-11-23-22-10-7-8-13-26(22)35-30(23)25)24-15-14-20-17-21(32(4,5)6)16-19(3)27(20)29(24)34-31/h7-18H,1-6H3. The third kappa shape index (κ3) is 3.56. The van der Waals surface area contributed by atoms with Crippen molar-refractivity contribution in [2.24, 2.45) is 0 Å². The van der Waals surface area contributed by atoms with Crippen molar-refractivity contribution < 1.29 is 4.42 Å². The molecule has 0 spiro atoms. The van der Waals surface area contributed by atoms with Gasteiger partial charge in [-0.1, -0.05) is 12.1 Å². The van der Waals surface area contributed by atoms with E-state index in [0.29, 0.717) is 0 Å². The quantitative estimate of drug-likeness (QED) is 0.174. The van der Waals surface area contributed by atoms with Gasteiger partial charge in [0.15, 0.2) is 0 Å². The number of hydrogen-bond acceptors (Lipinski definition) is 3. The van der Waals surface area contributed by atoms with E-state index in [1.165, 1.54) is 20.7 Å². The van der Waals surface area contributed by atoms with Gasteiger partial charge in [0, 0.05) is 0 Å². The molecular formula is C31H30GeN2O. The van der Waals surface area contributed by atoms with Gasteiger partial charge in [-0.2, -0.15) is 0 Å². The van der Waals surface area contributed by atoms with Gasteiger partial charge in [-0.3, -0.25) is 0 Å².